The monoisotopic (exact) mass is 151 g/mol. The minimum absolute atomic E-state index is 0.368. The molecule has 0 heterocycles. The fraction of sp³-hybridized carbons (Fsp3) is 0.375. The maximum absolute atomic E-state index is 6.89. The summed E-state index contributed by atoms with van der Waals surface area (Å²) >= 11 is 0. The molecule has 3 nitrogen and oxygen atoms in total. The van der Waals surface area contributed by atoms with E-state index in [1.807, 2.05) is 6.92 Å². The number of nitrogens with zero attached hydrogens (tertiary/aromatic N) is 2. The lowest BCUT2D eigenvalue weighted by Crippen LogP contribution is -2.04. The molecule has 0 saturated heterocycles. The molecule has 0 aromatic heterocycles. The maximum Gasteiger partial charge on any atom is 0.164 e. The van der Waals surface area contributed by atoms with Gasteiger partial charge in [0.25, 0.3) is 0 Å². The van der Waals surface area contributed by atoms with Crippen LogP contribution in [0.1, 0.15) is 13.3 Å². The fourth-order valence-electron chi connectivity index (χ4n) is 0.540. The Morgan fingerprint density at radius 2 is 2.36 bits per heavy atom. The minimum Gasteiger partial charge on any atom is -0.308 e. The minimum atomic E-state index is -0.368. The number of aliphatic imine (C=N–C) groups is 2. The van der Waals surface area contributed by atoms with Crippen molar-refractivity contribution in [3.05, 3.63) is 12.2 Å². The largest absolute Gasteiger partial charge is 0.308 e. The first-order chi connectivity index (χ1) is 5.26. The summed E-state index contributed by atoms with van der Waals surface area (Å²) in [6.07, 6.45) is 3.38. The molecule has 0 aliphatic carbocycles. The summed E-state index contributed by atoms with van der Waals surface area (Å²) in [6, 6.07) is 0. The third kappa shape index (κ3) is 3.45. The Morgan fingerprint density at radius 1 is 1.73 bits per heavy atom. The van der Waals surface area contributed by atoms with Gasteiger partial charge in [-0.25, -0.2) is 0 Å². The van der Waals surface area contributed by atoms with E-state index in [0.717, 1.165) is 12.6 Å². The molecule has 3 heteroatoms. The van der Waals surface area contributed by atoms with Gasteiger partial charge >= 0.3 is 0 Å². The Kier molecular flexibility index (Phi) is 4.90. The molecular formula is C8H13N3. The van der Waals surface area contributed by atoms with E-state index >= 15 is 0 Å². The van der Waals surface area contributed by atoms with E-state index in [4.69, 9.17) is 5.41 Å². The Hall–Kier alpha value is -1.25. The van der Waals surface area contributed by atoms with Crippen LogP contribution in [0, 0.1) is 5.41 Å². The molecule has 0 spiro atoms. The van der Waals surface area contributed by atoms with Crippen LogP contribution >= 0.6 is 0 Å². The summed E-state index contributed by atoms with van der Waals surface area (Å²) in [7, 11) is 0. The smallest absolute Gasteiger partial charge is 0.164 e. The Balaban J connectivity index is 4.16. The normalized spacial score (nSPS) is 12.8. The summed E-state index contributed by atoms with van der Waals surface area (Å²) in [5.74, 6) is 0. The SMILES string of the molecule is C=NC(/N=C\CC)C(=C)C=N. The molecule has 0 aromatic carbocycles. The molecule has 1 unspecified atom stereocenters. The Bertz CT molecular complexity index is 182. The second-order valence-electron chi connectivity index (χ2n) is 2.02. The molecular weight excluding hydrogens is 138 g/mol. The highest BCUT2D eigenvalue weighted by Gasteiger charge is 2.02. The first kappa shape index (κ1) is 9.75. The van der Waals surface area contributed by atoms with Crippen LogP contribution < -0.4 is 0 Å². The highest BCUT2D eigenvalue weighted by atomic mass is 15.0. The van der Waals surface area contributed by atoms with Crippen molar-refractivity contribution >= 4 is 19.1 Å². The molecule has 60 valence electrons. The molecule has 0 rings (SSSR count). The average molecular weight is 151 g/mol. The van der Waals surface area contributed by atoms with Crippen molar-refractivity contribution in [3.8, 4) is 0 Å². The second-order valence-corrected chi connectivity index (χ2v) is 2.02. The van der Waals surface area contributed by atoms with Crippen LogP contribution in [0.3, 0.4) is 0 Å². The number of nitrogens with one attached hydrogen (secondary N) is 1. The number of hydrogen-bond donors (Lipinski definition) is 1. The van der Waals surface area contributed by atoms with Crippen LogP contribution in [0.5, 0.6) is 0 Å². The Morgan fingerprint density at radius 3 is 2.73 bits per heavy atom. The molecule has 0 aliphatic heterocycles. The van der Waals surface area contributed by atoms with Gasteiger partial charge in [0.15, 0.2) is 6.17 Å². The molecule has 1 atom stereocenters. The molecule has 0 aromatic rings. The van der Waals surface area contributed by atoms with E-state index < -0.39 is 0 Å². The van der Waals surface area contributed by atoms with Gasteiger partial charge in [0, 0.05) is 18.0 Å². The third-order valence-corrected chi connectivity index (χ3v) is 1.12. The van der Waals surface area contributed by atoms with Crippen molar-refractivity contribution in [2.45, 2.75) is 19.5 Å². The van der Waals surface area contributed by atoms with Crippen LogP contribution in [0.4, 0.5) is 0 Å². The van der Waals surface area contributed by atoms with Gasteiger partial charge in [-0.15, -0.1) is 0 Å². The first-order valence-electron chi connectivity index (χ1n) is 3.43. The fourth-order valence-corrected chi connectivity index (χ4v) is 0.540. The average Bonchev–Trinajstić information content (AvgIpc) is 2.05. The van der Waals surface area contributed by atoms with E-state index in [1.54, 1.807) is 6.21 Å². The zero-order valence-electron chi connectivity index (χ0n) is 6.75. The quantitative estimate of drug-likeness (QED) is 0.581. The highest BCUT2D eigenvalue weighted by molar-refractivity contribution is 5.77. The zero-order chi connectivity index (χ0) is 8.69. The molecule has 0 aliphatic rings. The summed E-state index contributed by atoms with van der Waals surface area (Å²) in [5, 5.41) is 6.89. The van der Waals surface area contributed by atoms with E-state index in [0.29, 0.717) is 5.57 Å². The number of hydrogen-bond acceptors (Lipinski definition) is 3. The zero-order valence-corrected chi connectivity index (χ0v) is 6.75. The second kappa shape index (κ2) is 5.53. The first-order valence-corrected chi connectivity index (χ1v) is 3.43. The van der Waals surface area contributed by atoms with Crippen LogP contribution in [-0.2, 0) is 0 Å². The van der Waals surface area contributed by atoms with Crippen molar-refractivity contribution in [3.63, 3.8) is 0 Å². The molecule has 0 radical (unpaired) electrons. The van der Waals surface area contributed by atoms with Gasteiger partial charge in [0.2, 0.25) is 0 Å². The van der Waals surface area contributed by atoms with Gasteiger partial charge in [0.1, 0.15) is 0 Å². The Labute approximate surface area is 67.1 Å². The summed E-state index contributed by atoms with van der Waals surface area (Å²) in [5.41, 5.74) is 0.560. The van der Waals surface area contributed by atoms with E-state index in [1.165, 1.54) is 0 Å². The van der Waals surface area contributed by atoms with Crippen LogP contribution in [0.25, 0.3) is 0 Å². The van der Waals surface area contributed by atoms with Crippen molar-refractivity contribution in [1.29, 1.82) is 5.41 Å². The lowest BCUT2D eigenvalue weighted by molar-refractivity contribution is 0.867. The van der Waals surface area contributed by atoms with Crippen molar-refractivity contribution in [1.82, 2.24) is 0 Å². The molecule has 0 saturated carbocycles. The lowest BCUT2D eigenvalue weighted by Gasteiger charge is -2.03. The van der Waals surface area contributed by atoms with Crippen LogP contribution in [0.2, 0.25) is 0 Å². The van der Waals surface area contributed by atoms with Gasteiger partial charge in [0.05, 0.1) is 0 Å². The van der Waals surface area contributed by atoms with E-state index in [-0.39, 0.29) is 6.17 Å². The van der Waals surface area contributed by atoms with Crippen LogP contribution in [0.15, 0.2) is 22.1 Å². The standard InChI is InChI=1S/C8H13N3/c1-4-5-11-8(10-3)7(2)6-9/h5-6,8-9H,2-4H2,1H3/b9-6?,11-5-. The lowest BCUT2D eigenvalue weighted by atomic mass is 10.3. The van der Waals surface area contributed by atoms with Crippen molar-refractivity contribution in [2.75, 3.05) is 0 Å². The van der Waals surface area contributed by atoms with Crippen molar-refractivity contribution < 1.29 is 0 Å². The van der Waals surface area contributed by atoms with Gasteiger partial charge in [-0.1, -0.05) is 13.5 Å². The summed E-state index contributed by atoms with van der Waals surface area (Å²) in [6.45, 7) is 8.94. The molecule has 0 bridgehead atoms. The molecule has 1 N–H and O–H groups in total. The number of rotatable bonds is 5. The third-order valence-electron chi connectivity index (χ3n) is 1.12. The van der Waals surface area contributed by atoms with E-state index in [2.05, 4.69) is 23.3 Å². The molecule has 0 fully saturated rings. The highest BCUT2D eigenvalue weighted by Crippen LogP contribution is 2.01. The predicted octanol–water partition coefficient (Wildman–Crippen LogP) is 1.70. The van der Waals surface area contributed by atoms with Gasteiger partial charge < -0.3 is 5.41 Å². The molecule has 0 amide bonds. The maximum atomic E-state index is 6.89. The van der Waals surface area contributed by atoms with Gasteiger partial charge in [-0.2, -0.15) is 0 Å². The predicted molar refractivity (Wildman–Crippen MR) is 50.0 cm³/mol. The molecule has 11 heavy (non-hydrogen) atoms. The topological polar surface area (TPSA) is 48.6 Å². The van der Waals surface area contributed by atoms with Crippen LogP contribution in [-0.4, -0.2) is 25.3 Å². The summed E-state index contributed by atoms with van der Waals surface area (Å²) < 4.78 is 0. The summed E-state index contributed by atoms with van der Waals surface area (Å²) in [4.78, 5) is 7.72. The van der Waals surface area contributed by atoms with E-state index in [9.17, 15) is 0 Å². The van der Waals surface area contributed by atoms with Gasteiger partial charge in [-0.3, -0.25) is 9.98 Å². The van der Waals surface area contributed by atoms with Gasteiger partial charge in [-0.05, 0) is 13.1 Å². The van der Waals surface area contributed by atoms with Crippen molar-refractivity contribution in [2.24, 2.45) is 9.98 Å².